The molecule has 1 aliphatic carbocycles. The lowest BCUT2D eigenvalue weighted by atomic mass is 9.71. The largest absolute Gasteiger partial charge is 0.271 e. The van der Waals surface area contributed by atoms with Crippen LogP contribution >= 0.6 is 0 Å². The lowest BCUT2D eigenvalue weighted by molar-refractivity contribution is 0.173. The average Bonchev–Trinajstić information content (AvgIpc) is 2.14. The molecule has 0 spiro atoms. The van der Waals surface area contributed by atoms with Crippen molar-refractivity contribution in [1.82, 2.24) is 5.43 Å². The molecule has 3 N–H and O–H groups in total. The molecule has 1 atom stereocenters. The minimum Gasteiger partial charge on any atom is -0.271 e. The molecular weight excluding hydrogens is 184 g/mol. The molecule has 0 aliphatic heterocycles. The first-order valence-electron chi connectivity index (χ1n) is 6.06. The first-order valence-corrected chi connectivity index (χ1v) is 6.06. The number of hydrogen-bond donors (Lipinski definition) is 2. The fraction of sp³-hybridized carbons (Fsp3) is 0.846. The Bertz CT molecular complexity index is 217. The van der Waals surface area contributed by atoms with Crippen molar-refractivity contribution >= 4 is 0 Å². The highest BCUT2D eigenvalue weighted by molar-refractivity contribution is 5.03. The van der Waals surface area contributed by atoms with Gasteiger partial charge < -0.3 is 0 Å². The van der Waals surface area contributed by atoms with Crippen LogP contribution in [0.25, 0.3) is 0 Å². The first-order chi connectivity index (χ1) is 6.94. The molecule has 0 saturated heterocycles. The molecule has 0 amide bonds. The van der Waals surface area contributed by atoms with E-state index in [0.29, 0.717) is 11.5 Å². The van der Waals surface area contributed by atoms with Gasteiger partial charge in [-0.05, 0) is 50.9 Å². The van der Waals surface area contributed by atoms with Gasteiger partial charge in [0.1, 0.15) is 0 Å². The van der Waals surface area contributed by atoms with Gasteiger partial charge in [0.05, 0.1) is 0 Å². The highest BCUT2D eigenvalue weighted by Crippen LogP contribution is 2.39. The van der Waals surface area contributed by atoms with Crippen LogP contribution in [0.3, 0.4) is 0 Å². The van der Waals surface area contributed by atoms with Gasteiger partial charge in [-0.25, -0.2) is 0 Å². The Balaban J connectivity index is 2.54. The summed E-state index contributed by atoms with van der Waals surface area (Å²) in [4.78, 5) is 0. The monoisotopic (exact) mass is 210 g/mol. The topological polar surface area (TPSA) is 38.0 Å². The van der Waals surface area contributed by atoms with Crippen molar-refractivity contribution in [2.75, 3.05) is 0 Å². The molecule has 1 fully saturated rings. The SMILES string of the molecule is CC(C)=CC(NN)C1CCC(C)(C)CC1. The van der Waals surface area contributed by atoms with Gasteiger partial charge in [0.25, 0.3) is 0 Å². The van der Waals surface area contributed by atoms with Crippen LogP contribution in [-0.4, -0.2) is 6.04 Å². The second-order valence-corrected chi connectivity index (χ2v) is 5.94. The molecule has 1 unspecified atom stereocenters. The van der Waals surface area contributed by atoms with Gasteiger partial charge >= 0.3 is 0 Å². The Labute approximate surface area is 94.3 Å². The third kappa shape index (κ3) is 3.96. The summed E-state index contributed by atoms with van der Waals surface area (Å²) in [5, 5.41) is 0. The minimum absolute atomic E-state index is 0.367. The highest BCUT2D eigenvalue weighted by atomic mass is 15.2. The second-order valence-electron chi connectivity index (χ2n) is 5.94. The van der Waals surface area contributed by atoms with E-state index in [0.717, 1.165) is 5.92 Å². The number of nitrogens with one attached hydrogen (secondary N) is 1. The molecule has 0 bridgehead atoms. The second kappa shape index (κ2) is 5.13. The predicted octanol–water partition coefficient (Wildman–Crippen LogP) is 3.00. The average molecular weight is 210 g/mol. The lowest BCUT2D eigenvalue weighted by Gasteiger charge is -2.37. The normalized spacial score (nSPS) is 23.5. The number of nitrogens with two attached hydrogens (primary N) is 1. The summed E-state index contributed by atoms with van der Waals surface area (Å²) >= 11 is 0. The van der Waals surface area contributed by atoms with Crippen LogP contribution in [0.15, 0.2) is 11.6 Å². The summed E-state index contributed by atoms with van der Waals surface area (Å²) in [6.45, 7) is 9.01. The zero-order chi connectivity index (χ0) is 11.5. The Morgan fingerprint density at radius 1 is 1.33 bits per heavy atom. The summed E-state index contributed by atoms with van der Waals surface area (Å²) in [6.07, 6.45) is 7.51. The van der Waals surface area contributed by atoms with E-state index < -0.39 is 0 Å². The van der Waals surface area contributed by atoms with Gasteiger partial charge in [-0.3, -0.25) is 11.3 Å². The molecule has 1 aliphatic rings. The van der Waals surface area contributed by atoms with Crippen LogP contribution in [0.1, 0.15) is 53.4 Å². The molecule has 0 aromatic carbocycles. The standard InChI is InChI=1S/C13H26N2/c1-10(2)9-12(15-14)11-5-7-13(3,4)8-6-11/h9,11-12,15H,5-8,14H2,1-4H3. The molecule has 1 rings (SSSR count). The van der Waals surface area contributed by atoms with Crippen LogP contribution < -0.4 is 11.3 Å². The maximum absolute atomic E-state index is 5.62. The quantitative estimate of drug-likeness (QED) is 0.427. The fourth-order valence-corrected chi connectivity index (χ4v) is 2.46. The molecule has 2 heteroatoms. The van der Waals surface area contributed by atoms with Crippen molar-refractivity contribution in [3.05, 3.63) is 11.6 Å². The summed E-state index contributed by atoms with van der Waals surface area (Å²) in [5.74, 6) is 6.35. The maximum Gasteiger partial charge on any atom is 0.0421 e. The van der Waals surface area contributed by atoms with Crippen molar-refractivity contribution in [1.29, 1.82) is 0 Å². The van der Waals surface area contributed by atoms with Gasteiger partial charge in [-0.15, -0.1) is 0 Å². The smallest absolute Gasteiger partial charge is 0.0421 e. The lowest BCUT2D eigenvalue weighted by Crippen LogP contribution is -2.41. The van der Waals surface area contributed by atoms with Crippen molar-refractivity contribution in [3.63, 3.8) is 0 Å². The summed E-state index contributed by atoms with van der Waals surface area (Å²) in [6, 6.07) is 0.367. The van der Waals surface area contributed by atoms with Crippen molar-refractivity contribution < 1.29 is 0 Å². The molecule has 0 radical (unpaired) electrons. The number of allylic oxidation sites excluding steroid dienone is 1. The number of hydrogen-bond acceptors (Lipinski definition) is 2. The Hall–Kier alpha value is -0.340. The third-order valence-electron chi connectivity index (χ3n) is 3.60. The third-order valence-corrected chi connectivity index (χ3v) is 3.60. The van der Waals surface area contributed by atoms with Crippen molar-refractivity contribution in [2.24, 2.45) is 17.2 Å². The Kier molecular flexibility index (Phi) is 4.35. The summed E-state index contributed by atoms with van der Waals surface area (Å²) < 4.78 is 0. The zero-order valence-corrected chi connectivity index (χ0v) is 10.6. The van der Waals surface area contributed by atoms with E-state index in [1.165, 1.54) is 31.3 Å². The van der Waals surface area contributed by atoms with E-state index in [1.807, 2.05) is 0 Å². The van der Waals surface area contributed by atoms with E-state index in [-0.39, 0.29) is 0 Å². The predicted molar refractivity (Wildman–Crippen MR) is 66.3 cm³/mol. The molecule has 0 aromatic rings. The first kappa shape index (κ1) is 12.7. The van der Waals surface area contributed by atoms with Gasteiger partial charge in [0, 0.05) is 6.04 Å². The molecule has 0 aromatic heterocycles. The van der Waals surface area contributed by atoms with Gasteiger partial charge in [-0.1, -0.05) is 25.5 Å². The molecule has 88 valence electrons. The van der Waals surface area contributed by atoms with E-state index in [1.54, 1.807) is 0 Å². The molecule has 15 heavy (non-hydrogen) atoms. The maximum atomic E-state index is 5.62. The minimum atomic E-state index is 0.367. The fourth-order valence-electron chi connectivity index (χ4n) is 2.46. The van der Waals surface area contributed by atoms with E-state index in [4.69, 9.17) is 5.84 Å². The molecular formula is C13H26N2. The highest BCUT2D eigenvalue weighted by Gasteiger charge is 2.29. The van der Waals surface area contributed by atoms with Gasteiger partial charge in [0.2, 0.25) is 0 Å². The van der Waals surface area contributed by atoms with Crippen LogP contribution in [0.5, 0.6) is 0 Å². The number of rotatable bonds is 3. The van der Waals surface area contributed by atoms with E-state index >= 15 is 0 Å². The number of hydrazine groups is 1. The zero-order valence-electron chi connectivity index (χ0n) is 10.6. The Morgan fingerprint density at radius 2 is 1.87 bits per heavy atom. The Morgan fingerprint density at radius 3 is 2.27 bits per heavy atom. The van der Waals surface area contributed by atoms with E-state index in [2.05, 4.69) is 39.2 Å². The van der Waals surface area contributed by atoms with Crippen LogP contribution in [0.2, 0.25) is 0 Å². The van der Waals surface area contributed by atoms with Crippen LogP contribution in [-0.2, 0) is 0 Å². The van der Waals surface area contributed by atoms with Crippen LogP contribution in [0, 0.1) is 11.3 Å². The molecule has 0 heterocycles. The van der Waals surface area contributed by atoms with E-state index in [9.17, 15) is 0 Å². The summed E-state index contributed by atoms with van der Waals surface area (Å²) in [5.41, 5.74) is 4.85. The van der Waals surface area contributed by atoms with Crippen molar-refractivity contribution in [3.8, 4) is 0 Å². The summed E-state index contributed by atoms with van der Waals surface area (Å²) in [7, 11) is 0. The van der Waals surface area contributed by atoms with Gasteiger partial charge in [-0.2, -0.15) is 0 Å². The molecule has 2 nitrogen and oxygen atoms in total. The van der Waals surface area contributed by atoms with Gasteiger partial charge in [0.15, 0.2) is 0 Å². The van der Waals surface area contributed by atoms with Crippen LogP contribution in [0.4, 0.5) is 0 Å². The molecule has 1 saturated carbocycles. The van der Waals surface area contributed by atoms with Crippen molar-refractivity contribution in [2.45, 2.75) is 59.4 Å².